The monoisotopic (exact) mass is 311 g/mol. The molecule has 3 nitrogen and oxygen atoms in total. The lowest BCUT2D eigenvalue weighted by molar-refractivity contribution is -0.599. The molecule has 0 aliphatic heterocycles. The standard InChI is InChI=1S/C12H17N3.3ClH/c13-12-10(14-8-4-5-8)2-1-3-11(12)15-9-6-7-9;;;/h1-3,8-9,14-15H,4-7,13H2;3*1H. The summed E-state index contributed by atoms with van der Waals surface area (Å²) in [7, 11) is 0. The van der Waals surface area contributed by atoms with Crippen LogP contribution in [0.2, 0.25) is 0 Å². The first-order valence-electron chi connectivity index (χ1n) is 5.97. The Balaban J connectivity index is 0.000000963. The van der Waals surface area contributed by atoms with Crippen LogP contribution in [0, 0.1) is 0 Å². The fraction of sp³-hybridized carbons (Fsp3) is 0.500. The van der Waals surface area contributed by atoms with Crippen LogP contribution in [0.25, 0.3) is 0 Å². The molecule has 3 rings (SSSR count). The van der Waals surface area contributed by atoms with E-state index in [-0.39, 0.29) is 37.2 Å². The SMILES string of the molecule is [Cl-].[Cl-].[Cl-].[NH3+]c1c([NH2+]C2CC2)cccc1[NH2+]C1CC1. The average molecular weight is 313 g/mol. The third kappa shape index (κ3) is 4.57. The van der Waals surface area contributed by atoms with Crippen LogP contribution in [0.3, 0.4) is 0 Å². The molecule has 104 valence electrons. The molecule has 0 aromatic heterocycles. The quantitative estimate of drug-likeness (QED) is 0.463. The van der Waals surface area contributed by atoms with Gasteiger partial charge in [-0.1, -0.05) is 0 Å². The van der Waals surface area contributed by atoms with Gasteiger partial charge >= 0.3 is 0 Å². The second-order valence-corrected chi connectivity index (χ2v) is 4.92. The molecule has 2 fully saturated rings. The summed E-state index contributed by atoms with van der Waals surface area (Å²) in [4.78, 5) is 0. The third-order valence-corrected chi connectivity index (χ3v) is 3.32. The molecule has 0 radical (unpaired) electrons. The van der Waals surface area contributed by atoms with Crippen molar-refractivity contribution in [3.05, 3.63) is 18.2 Å². The number of hydrogen-bond acceptors (Lipinski definition) is 0. The number of hydrogen-bond donors (Lipinski definition) is 3. The van der Waals surface area contributed by atoms with Gasteiger partial charge < -0.3 is 53.6 Å². The molecule has 2 aliphatic rings. The Labute approximate surface area is 127 Å². The van der Waals surface area contributed by atoms with Gasteiger partial charge in [-0.15, -0.1) is 0 Å². The van der Waals surface area contributed by atoms with Crippen LogP contribution in [0.4, 0.5) is 17.1 Å². The van der Waals surface area contributed by atoms with Crippen LogP contribution in [0.15, 0.2) is 18.2 Å². The summed E-state index contributed by atoms with van der Waals surface area (Å²) < 4.78 is 0. The number of rotatable bonds is 4. The van der Waals surface area contributed by atoms with Crippen LogP contribution < -0.4 is 53.6 Å². The molecule has 0 bridgehead atoms. The largest absolute Gasteiger partial charge is 1.00 e. The lowest BCUT2D eigenvalue weighted by Crippen LogP contribution is -3.00. The van der Waals surface area contributed by atoms with Crippen molar-refractivity contribution in [2.75, 3.05) is 0 Å². The Kier molecular flexibility index (Phi) is 7.52. The van der Waals surface area contributed by atoms with E-state index >= 15 is 0 Å². The van der Waals surface area contributed by atoms with Crippen molar-refractivity contribution >= 4 is 17.1 Å². The molecule has 0 amide bonds. The maximum absolute atomic E-state index is 4.22. The molecule has 0 unspecified atom stereocenters. The minimum atomic E-state index is 0. The van der Waals surface area contributed by atoms with Gasteiger partial charge in [-0.3, -0.25) is 0 Å². The van der Waals surface area contributed by atoms with Gasteiger partial charge in [0.2, 0.25) is 5.69 Å². The Bertz CT molecular complexity index is 347. The zero-order valence-electron chi connectivity index (χ0n) is 10.2. The van der Waals surface area contributed by atoms with E-state index in [0.29, 0.717) is 0 Å². The summed E-state index contributed by atoms with van der Waals surface area (Å²) in [5.41, 5.74) is 8.16. The van der Waals surface area contributed by atoms with Crippen molar-refractivity contribution in [3.8, 4) is 0 Å². The summed E-state index contributed by atoms with van der Waals surface area (Å²) >= 11 is 0. The predicted molar refractivity (Wildman–Crippen MR) is 58.2 cm³/mol. The van der Waals surface area contributed by atoms with Gasteiger partial charge in [-0.05, 0) is 6.07 Å². The summed E-state index contributed by atoms with van der Waals surface area (Å²) in [6, 6.07) is 8.23. The van der Waals surface area contributed by atoms with Gasteiger partial charge in [-0.2, -0.15) is 0 Å². The Morgan fingerprint density at radius 3 is 1.56 bits per heavy atom. The minimum Gasteiger partial charge on any atom is -1.00 e. The molecular weight excluding hydrogens is 293 g/mol. The average Bonchev–Trinajstić information content (AvgIpc) is 3.06. The predicted octanol–water partition coefficient (Wildman–Crippen LogP) is -9.71. The molecule has 0 spiro atoms. The fourth-order valence-electron chi connectivity index (χ4n) is 1.97. The lowest BCUT2D eigenvalue weighted by atomic mass is 10.2. The van der Waals surface area contributed by atoms with Crippen LogP contribution in [0.5, 0.6) is 0 Å². The molecule has 2 saturated carbocycles. The van der Waals surface area contributed by atoms with E-state index in [1.807, 2.05) is 0 Å². The van der Waals surface area contributed by atoms with Crippen molar-refractivity contribution in [2.24, 2.45) is 0 Å². The first kappa shape index (κ1) is 18.0. The summed E-state index contributed by atoms with van der Waals surface area (Å²) in [6.07, 6.45) is 5.48. The van der Waals surface area contributed by atoms with Gasteiger partial charge in [0.05, 0.1) is 12.1 Å². The number of halogens is 3. The summed E-state index contributed by atoms with van der Waals surface area (Å²) in [5, 5.41) is 4.79. The van der Waals surface area contributed by atoms with E-state index in [2.05, 4.69) is 34.6 Å². The Hall–Kier alpha value is -0.0300. The van der Waals surface area contributed by atoms with Gasteiger partial charge in [0.15, 0.2) is 11.4 Å². The van der Waals surface area contributed by atoms with Crippen molar-refractivity contribution < 1.29 is 53.6 Å². The van der Waals surface area contributed by atoms with Crippen LogP contribution in [-0.2, 0) is 0 Å². The maximum Gasteiger partial charge on any atom is 0.250 e. The molecule has 2 aliphatic carbocycles. The third-order valence-electron chi connectivity index (χ3n) is 3.32. The highest BCUT2D eigenvalue weighted by Crippen LogP contribution is 2.23. The van der Waals surface area contributed by atoms with Crippen molar-refractivity contribution in [2.45, 2.75) is 37.8 Å². The lowest BCUT2D eigenvalue weighted by Gasteiger charge is -2.03. The number of nitrogens with two attached hydrogens (primary N) is 2. The Morgan fingerprint density at radius 2 is 1.22 bits per heavy atom. The zero-order valence-corrected chi connectivity index (χ0v) is 12.5. The van der Waals surface area contributed by atoms with Crippen LogP contribution >= 0.6 is 0 Å². The molecule has 1 aromatic rings. The highest BCUT2D eigenvalue weighted by molar-refractivity contribution is 5.63. The van der Waals surface area contributed by atoms with E-state index in [4.69, 9.17) is 0 Å². The molecular formula is C12H20Cl3N3. The smallest absolute Gasteiger partial charge is 0.250 e. The highest BCUT2D eigenvalue weighted by atomic mass is 35.5. The second-order valence-electron chi connectivity index (χ2n) is 4.92. The molecule has 7 N–H and O–H groups in total. The van der Waals surface area contributed by atoms with E-state index in [1.165, 1.54) is 42.7 Å². The Morgan fingerprint density at radius 1 is 0.833 bits per heavy atom. The normalized spacial score (nSPS) is 17.2. The molecule has 0 heterocycles. The second kappa shape index (κ2) is 7.53. The van der Waals surface area contributed by atoms with Crippen LogP contribution in [-0.4, -0.2) is 12.1 Å². The summed E-state index contributed by atoms with van der Waals surface area (Å²) in [6.45, 7) is 0. The first-order valence-corrected chi connectivity index (χ1v) is 5.97. The molecule has 18 heavy (non-hydrogen) atoms. The topological polar surface area (TPSA) is 60.9 Å². The molecule has 0 saturated heterocycles. The molecule has 1 aromatic carbocycles. The van der Waals surface area contributed by atoms with Crippen molar-refractivity contribution in [1.82, 2.24) is 0 Å². The first-order chi connectivity index (χ1) is 7.33. The van der Waals surface area contributed by atoms with E-state index in [1.54, 1.807) is 0 Å². The maximum atomic E-state index is 4.22. The highest BCUT2D eigenvalue weighted by Gasteiger charge is 2.31. The molecule has 0 atom stereocenters. The van der Waals surface area contributed by atoms with Crippen molar-refractivity contribution in [1.29, 1.82) is 0 Å². The minimum absolute atomic E-state index is 0. The van der Waals surface area contributed by atoms with E-state index < -0.39 is 0 Å². The van der Waals surface area contributed by atoms with E-state index in [9.17, 15) is 0 Å². The fourth-order valence-corrected chi connectivity index (χ4v) is 1.97. The van der Waals surface area contributed by atoms with E-state index in [0.717, 1.165) is 12.1 Å². The number of benzene rings is 1. The summed E-state index contributed by atoms with van der Waals surface area (Å²) in [5.74, 6) is 0. The van der Waals surface area contributed by atoms with Gasteiger partial charge in [-0.25, -0.2) is 0 Å². The zero-order chi connectivity index (χ0) is 10.3. The van der Waals surface area contributed by atoms with Gasteiger partial charge in [0, 0.05) is 37.8 Å². The van der Waals surface area contributed by atoms with Gasteiger partial charge in [0.1, 0.15) is 0 Å². The van der Waals surface area contributed by atoms with Gasteiger partial charge in [0.25, 0.3) is 0 Å². The number of quaternary nitrogens is 3. The molecule has 6 heteroatoms. The van der Waals surface area contributed by atoms with Crippen LogP contribution in [0.1, 0.15) is 25.7 Å². The van der Waals surface area contributed by atoms with Crippen molar-refractivity contribution in [3.63, 3.8) is 0 Å².